The third-order valence-electron chi connectivity index (χ3n) is 3.27. The Kier molecular flexibility index (Phi) is 6.21. The van der Waals surface area contributed by atoms with Crippen LogP contribution in [-0.4, -0.2) is 35.6 Å². The van der Waals surface area contributed by atoms with E-state index in [1.807, 2.05) is 49.9 Å². The molecule has 0 spiro atoms. The molecular formula is C16H24N2O3. The predicted octanol–water partition coefficient (Wildman–Crippen LogP) is 2.19. The third kappa shape index (κ3) is 5.10. The molecule has 0 aliphatic rings. The summed E-state index contributed by atoms with van der Waals surface area (Å²) in [6.07, 6.45) is -0.00632. The van der Waals surface area contributed by atoms with E-state index in [0.29, 0.717) is 6.54 Å². The largest absolute Gasteiger partial charge is 0.481 e. The molecule has 21 heavy (non-hydrogen) atoms. The number of benzene rings is 1. The van der Waals surface area contributed by atoms with Crippen molar-refractivity contribution in [2.24, 2.45) is 0 Å². The summed E-state index contributed by atoms with van der Waals surface area (Å²) < 4.78 is 0. The summed E-state index contributed by atoms with van der Waals surface area (Å²) >= 11 is 0. The number of nitrogens with one attached hydrogen (secondary N) is 1. The lowest BCUT2D eigenvalue weighted by Gasteiger charge is -2.31. The molecule has 0 aliphatic heterocycles. The van der Waals surface area contributed by atoms with Crippen molar-refractivity contribution in [2.45, 2.75) is 46.2 Å². The highest BCUT2D eigenvalue weighted by atomic mass is 16.4. The summed E-state index contributed by atoms with van der Waals surface area (Å²) in [5.41, 5.74) is 1.91. The first-order valence-electron chi connectivity index (χ1n) is 7.17. The summed E-state index contributed by atoms with van der Waals surface area (Å²) in [7, 11) is 0. The molecule has 0 bridgehead atoms. The zero-order valence-electron chi connectivity index (χ0n) is 13.1. The number of hydrogen-bond acceptors (Lipinski definition) is 3. The number of nitrogens with zero attached hydrogens (tertiary/aromatic N) is 1. The molecule has 1 rings (SSSR count). The van der Waals surface area contributed by atoms with E-state index in [2.05, 4.69) is 5.32 Å². The van der Waals surface area contributed by atoms with Crippen LogP contribution in [0.5, 0.6) is 0 Å². The van der Waals surface area contributed by atoms with Gasteiger partial charge in [0.15, 0.2) is 0 Å². The van der Waals surface area contributed by atoms with Gasteiger partial charge in [0.05, 0.1) is 6.42 Å². The molecule has 0 aromatic heterocycles. The Balaban J connectivity index is 2.99. The number of aliphatic carboxylic acids is 1. The Hall–Kier alpha value is -2.04. The molecule has 5 nitrogen and oxygen atoms in total. The highest BCUT2D eigenvalue weighted by Crippen LogP contribution is 2.22. The SMILES string of the molecule is Cc1ccccc1N(CCC(=O)O)C(C)C(=O)NC(C)C. The number of hydrogen-bond donors (Lipinski definition) is 2. The number of carbonyl (C=O) groups is 2. The lowest BCUT2D eigenvalue weighted by Crippen LogP contribution is -2.48. The molecule has 1 atom stereocenters. The van der Waals surface area contributed by atoms with Crippen LogP contribution in [0.3, 0.4) is 0 Å². The molecule has 0 saturated carbocycles. The molecular weight excluding hydrogens is 268 g/mol. The van der Waals surface area contributed by atoms with Gasteiger partial charge in [-0.25, -0.2) is 0 Å². The van der Waals surface area contributed by atoms with E-state index in [1.165, 1.54) is 0 Å². The Morgan fingerprint density at radius 3 is 2.38 bits per heavy atom. The Labute approximate surface area is 126 Å². The van der Waals surface area contributed by atoms with Crippen LogP contribution in [0.4, 0.5) is 5.69 Å². The maximum atomic E-state index is 12.2. The zero-order chi connectivity index (χ0) is 16.0. The minimum absolute atomic E-state index is 0.00632. The minimum atomic E-state index is -0.870. The average molecular weight is 292 g/mol. The lowest BCUT2D eigenvalue weighted by molar-refractivity contribution is -0.137. The minimum Gasteiger partial charge on any atom is -0.481 e. The molecule has 1 amide bonds. The number of aryl methyl sites for hydroxylation is 1. The van der Waals surface area contributed by atoms with Crippen LogP contribution in [0.1, 0.15) is 32.8 Å². The van der Waals surface area contributed by atoms with Gasteiger partial charge in [-0.15, -0.1) is 0 Å². The topological polar surface area (TPSA) is 69.6 Å². The molecule has 1 aromatic rings. The summed E-state index contributed by atoms with van der Waals surface area (Å²) in [6, 6.07) is 7.31. The van der Waals surface area contributed by atoms with E-state index in [4.69, 9.17) is 5.11 Å². The van der Waals surface area contributed by atoms with Gasteiger partial charge in [0.2, 0.25) is 5.91 Å². The first-order valence-corrected chi connectivity index (χ1v) is 7.17. The zero-order valence-corrected chi connectivity index (χ0v) is 13.1. The molecule has 1 unspecified atom stereocenters. The van der Waals surface area contributed by atoms with Crippen molar-refractivity contribution in [2.75, 3.05) is 11.4 Å². The summed E-state index contributed by atoms with van der Waals surface area (Å²) in [4.78, 5) is 24.9. The molecule has 0 saturated heterocycles. The van der Waals surface area contributed by atoms with Crippen molar-refractivity contribution in [3.8, 4) is 0 Å². The lowest BCUT2D eigenvalue weighted by atomic mass is 10.1. The Morgan fingerprint density at radius 2 is 1.86 bits per heavy atom. The molecule has 116 valence electrons. The van der Waals surface area contributed by atoms with Crippen molar-refractivity contribution in [3.63, 3.8) is 0 Å². The number of carboxylic acids is 1. The summed E-state index contributed by atoms with van der Waals surface area (Å²) in [6.45, 7) is 7.86. The highest BCUT2D eigenvalue weighted by Gasteiger charge is 2.23. The molecule has 1 aromatic carbocycles. The third-order valence-corrected chi connectivity index (χ3v) is 3.27. The second kappa shape index (κ2) is 7.67. The van der Waals surface area contributed by atoms with Crippen LogP contribution in [-0.2, 0) is 9.59 Å². The van der Waals surface area contributed by atoms with E-state index >= 15 is 0 Å². The van der Waals surface area contributed by atoms with Crippen molar-refractivity contribution in [3.05, 3.63) is 29.8 Å². The van der Waals surface area contributed by atoms with Gasteiger partial charge in [-0.3, -0.25) is 9.59 Å². The average Bonchev–Trinajstić information content (AvgIpc) is 2.39. The Morgan fingerprint density at radius 1 is 1.24 bits per heavy atom. The second-order valence-electron chi connectivity index (χ2n) is 5.46. The van der Waals surface area contributed by atoms with Crippen LogP contribution < -0.4 is 10.2 Å². The molecule has 0 aliphatic carbocycles. The number of para-hydroxylation sites is 1. The number of carboxylic acid groups (broad SMARTS) is 1. The smallest absolute Gasteiger partial charge is 0.305 e. The van der Waals surface area contributed by atoms with Gasteiger partial charge in [-0.1, -0.05) is 18.2 Å². The van der Waals surface area contributed by atoms with Crippen LogP contribution in [0, 0.1) is 6.92 Å². The molecule has 5 heteroatoms. The molecule has 0 fully saturated rings. The fourth-order valence-corrected chi connectivity index (χ4v) is 2.17. The van der Waals surface area contributed by atoms with Gasteiger partial charge in [0.1, 0.15) is 6.04 Å². The van der Waals surface area contributed by atoms with Crippen molar-refractivity contribution >= 4 is 17.6 Å². The van der Waals surface area contributed by atoms with E-state index in [1.54, 1.807) is 6.92 Å². The van der Waals surface area contributed by atoms with Crippen LogP contribution in [0.15, 0.2) is 24.3 Å². The fourth-order valence-electron chi connectivity index (χ4n) is 2.17. The molecule has 0 radical (unpaired) electrons. The second-order valence-corrected chi connectivity index (χ2v) is 5.46. The van der Waals surface area contributed by atoms with Crippen molar-refractivity contribution in [1.29, 1.82) is 0 Å². The van der Waals surface area contributed by atoms with Crippen LogP contribution in [0.25, 0.3) is 0 Å². The molecule has 0 heterocycles. The maximum Gasteiger partial charge on any atom is 0.305 e. The van der Waals surface area contributed by atoms with Gasteiger partial charge in [-0.2, -0.15) is 0 Å². The maximum absolute atomic E-state index is 12.2. The van der Waals surface area contributed by atoms with Crippen molar-refractivity contribution < 1.29 is 14.7 Å². The molecule has 2 N–H and O–H groups in total. The first-order chi connectivity index (χ1) is 9.82. The predicted molar refractivity (Wildman–Crippen MR) is 83.5 cm³/mol. The van der Waals surface area contributed by atoms with E-state index in [9.17, 15) is 9.59 Å². The standard InChI is InChI=1S/C16H24N2O3/c1-11(2)17-16(21)13(4)18(10-9-15(19)20)14-8-6-5-7-12(14)3/h5-8,11,13H,9-10H2,1-4H3,(H,17,21)(H,19,20). The summed E-state index contributed by atoms with van der Waals surface area (Å²) in [5.74, 6) is -0.969. The van der Waals surface area contributed by atoms with Crippen molar-refractivity contribution in [1.82, 2.24) is 5.32 Å². The number of amides is 1. The Bertz CT molecular complexity index is 500. The number of rotatable bonds is 7. The normalized spacial score (nSPS) is 12.0. The monoisotopic (exact) mass is 292 g/mol. The van der Waals surface area contributed by atoms with E-state index in [0.717, 1.165) is 11.3 Å². The van der Waals surface area contributed by atoms with Gasteiger partial charge < -0.3 is 15.3 Å². The quantitative estimate of drug-likeness (QED) is 0.808. The number of carbonyl (C=O) groups excluding carboxylic acids is 1. The van der Waals surface area contributed by atoms with E-state index in [-0.39, 0.29) is 18.4 Å². The van der Waals surface area contributed by atoms with Crippen LogP contribution in [0.2, 0.25) is 0 Å². The fraction of sp³-hybridized carbons (Fsp3) is 0.500. The van der Waals surface area contributed by atoms with Crippen LogP contribution >= 0.6 is 0 Å². The van der Waals surface area contributed by atoms with Gasteiger partial charge >= 0.3 is 5.97 Å². The van der Waals surface area contributed by atoms with Gasteiger partial charge in [0.25, 0.3) is 0 Å². The van der Waals surface area contributed by atoms with Gasteiger partial charge in [0, 0.05) is 18.3 Å². The highest BCUT2D eigenvalue weighted by molar-refractivity contribution is 5.85. The first kappa shape index (κ1) is 17.0. The van der Waals surface area contributed by atoms with Gasteiger partial charge in [-0.05, 0) is 39.3 Å². The van der Waals surface area contributed by atoms with E-state index < -0.39 is 12.0 Å². The number of anilines is 1. The summed E-state index contributed by atoms with van der Waals surface area (Å²) in [5, 5.41) is 11.8.